The Bertz CT molecular complexity index is 463. The molecule has 1 saturated heterocycles. The summed E-state index contributed by atoms with van der Waals surface area (Å²) < 4.78 is 21.5. The van der Waals surface area contributed by atoms with Crippen molar-refractivity contribution in [1.29, 1.82) is 0 Å². The van der Waals surface area contributed by atoms with Gasteiger partial charge in [0.25, 0.3) is 0 Å². The standard InChI is InChI=1S/C15H26N2O8S/c1-10(19)17-12-14(21)13(20)11(8-18)25-15(12)24-7-6-23-5-4-22-3-2-16-9-26/h11-15,18,20-21H,2-8H2,1H3,(H,17,19). The molecule has 0 spiro atoms. The summed E-state index contributed by atoms with van der Waals surface area (Å²) in [5.74, 6) is -0.410. The van der Waals surface area contributed by atoms with E-state index in [0.29, 0.717) is 26.4 Å². The molecule has 1 amide bonds. The van der Waals surface area contributed by atoms with Crippen LogP contribution in [-0.2, 0) is 23.7 Å². The predicted molar refractivity (Wildman–Crippen MR) is 92.8 cm³/mol. The second-order valence-electron chi connectivity index (χ2n) is 5.50. The van der Waals surface area contributed by atoms with Gasteiger partial charge in [0.05, 0.1) is 51.3 Å². The Labute approximate surface area is 157 Å². The van der Waals surface area contributed by atoms with Gasteiger partial charge in [-0.15, -0.1) is 0 Å². The average Bonchev–Trinajstić information content (AvgIpc) is 2.62. The molecule has 1 heterocycles. The Balaban J connectivity index is 2.30. The van der Waals surface area contributed by atoms with Crippen molar-refractivity contribution >= 4 is 23.3 Å². The van der Waals surface area contributed by atoms with Crippen molar-refractivity contribution in [3.63, 3.8) is 0 Å². The fourth-order valence-corrected chi connectivity index (χ4v) is 2.41. The lowest BCUT2D eigenvalue weighted by atomic mass is 9.97. The number of aliphatic imine (C=N–C) groups is 1. The van der Waals surface area contributed by atoms with Gasteiger partial charge >= 0.3 is 0 Å². The van der Waals surface area contributed by atoms with Crippen LogP contribution >= 0.6 is 12.2 Å². The summed E-state index contributed by atoms with van der Waals surface area (Å²) in [5.41, 5.74) is 0. The number of ether oxygens (including phenoxy) is 4. The number of thiocarbonyl (C=S) groups is 1. The number of carbonyl (C=O) groups excluding carboxylic acids is 1. The lowest BCUT2D eigenvalue weighted by Crippen LogP contribution is -2.64. The van der Waals surface area contributed by atoms with Crippen molar-refractivity contribution < 1.29 is 39.1 Å². The molecule has 10 nitrogen and oxygen atoms in total. The molecular weight excluding hydrogens is 368 g/mol. The van der Waals surface area contributed by atoms with Crippen molar-refractivity contribution in [3.05, 3.63) is 0 Å². The Kier molecular flexibility index (Phi) is 11.7. The van der Waals surface area contributed by atoms with E-state index in [4.69, 9.17) is 18.9 Å². The van der Waals surface area contributed by atoms with Gasteiger partial charge in [-0.25, -0.2) is 4.99 Å². The third-order valence-electron chi connectivity index (χ3n) is 3.54. The maximum absolute atomic E-state index is 11.3. The molecule has 26 heavy (non-hydrogen) atoms. The summed E-state index contributed by atoms with van der Waals surface area (Å²) in [4.78, 5) is 15.0. The van der Waals surface area contributed by atoms with E-state index in [1.165, 1.54) is 6.92 Å². The zero-order valence-electron chi connectivity index (χ0n) is 14.6. The van der Waals surface area contributed by atoms with Gasteiger partial charge in [0.15, 0.2) is 6.29 Å². The van der Waals surface area contributed by atoms with Crippen molar-refractivity contribution in [1.82, 2.24) is 5.32 Å². The van der Waals surface area contributed by atoms with E-state index in [0.717, 1.165) is 0 Å². The summed E-state index contributed by atoms with van der Waals surface area (Å²) in [6, 6.07) is -0.963. The fraction of sp³-hybridized carbons (Fsp3) is 0.867. The first-order valence-corrected chi connectivity index (χ1v) is 8.62. The maximum atomic E-state index is 11.3. The van der Waals surface area contributed by atoms with Crippen molar-refractivity contribution in [2.24, 2.45) is 4.99 Å². The lowest BCUT2D eigenvalue weighted by Gasteiger charge is -2.42. The molecule has 0 bridgehead atoms. The normalized spacial score (nSPS) is 28.4. The molecule has 1 rings (SSSR count). The van der Waals surface area contributed by atoms with Crippen LogP contribution < -0.4 is 5.32 Å². The summed E-state index contributed by atoms with van der Waals surface area (Å²) >= 11 is 4.43. The van der Waals surface area contributed by atoms with Crippen molar-refractivity contribution in [3.8, 4) is 0 Å². The van der Waals surface area contributed by atoms with E-state index < -0.39 is 43.2 Å². The smallest absolute Gasteiger partial charge is 0.217 e. The van der Waals surface area contributed by atoms with Crippen LogP contribution in [0.15, 0.2) is 4.99 Å². The molecule has 1 aliphatic rings. The predicted octanol–water partition coefficient (Wildman–Crippen LogP) is -1.92. The Morgan fingerprint density at radius 3 is 2.46 bits per heavy atom. The highest BCUT2D eigenvalue weighted by Crippen LogP contribution is 2.22. The minimum absolute atomic E-state index is 0.122. The molecule has 0 saturated carbocycles. The number of aliphatic hydroxyl groups is 3. The molecule has 150 valence electrons. The molecule has 0 aliphatic carbocycles. The minimum atomic E-state index is -1.34. The molecule has 0 radical (unpaired) electrons. The molecule has 0 aromatic carbocycles. The van der Waals surface area contributed by atoms with Crippen LogP contribution in [0.5, 0.6) is 0 Å². The first kappa shape index (κ1) is 23.0. The molecule has 5 atom stereocenters. The number of carbonyl (C=O) groups is 1. The lowest BCUT2D eigenvalue weighted by molar-refractivity contribution is -0.272. The van der Waals surface area contributed by atoms with Gasteiger partial charge in [0.1, 0.15) is 24.4 Å². The second-order valence-corrected chi connectivity index (χ2v) is 5.68. The van der Waals surface area contributed by atoms with Crippen LogP contribution in [0.3, 0.4) is 0 Å². The Hall–Kier alpha value is -1.01. The molecule has 1 fully saturated rings. The fourth-order valence-electron chi connectivity index (χ4n) is 2.31. The zero-order chi connectivity index (χ0) is 19.4. The summed E-state index contributed by atoms with van der Waals surface area (Å²) in [5, 5.41) is 33.9. The molecule has 11 heteroatoms. The summed E-state index contributed by atoms with van der Waals surface area (Å²) in [6.07, 6.45) is -4.71. The molecule has 4 N–H and O–H groups in total. The van der Waals surface area contributed by atoms with Crippen LogP contribution in [0, 0.1) is 0 Å². The molecule has 0 aromatic rings. The number of rotatable bonds is 12. The number of hydrogen-bond acceptors (Lipinski definition) is 10. The van der Waals surface area contributed by atoms with Crippen LogP contribution in [0.2, 0.25) is 0 Å². The van der Waals surface area contributed by atoms with Gasteiger partial charge in [-0.2, -0.15) is 0 Å². The second kappa shape index (κ2) is 13.2. The van der Waals surface area contributed by atoms with Crippen LogP contribution in [-0.4, -0.2) is 103 Å². The number of aliphatic hydroxyl groups excluding tert-OH is 3. The zero-order valence-corrected chi connectivity index (χ0v) is 15.4. The molecule has 0 aromatic heterocycles. The maximum Gasteiger partial charge on any atom is 0.217 e. The number of nitrogens with zero attached hydrogens (tertiary/aromatic N) is 1. The van der Waals surface area contributed by atoms with Gasteiger partial charge in [-0.05, 0) is 12.2 Å². The topological polar surface area (TPSA) is 139 Å². The highest BCUT2D eigenvalue weighted by molar-refractivity contribution is 7.78. The number of nitrogens with one attached hydrogen (secondary N) is 1. The molecular formula is C15H26N2O8S. The van der Waals surface area contributed by atoms with Gasteiger partial charge in [-0.3, -0.25) is 4.79 Å². The first-order chi connectivity index (χ1) is 12.5. The number of amides is 1. The average molecular weight is 394 g/mol. The Morgan fingerprint density at radius 1 is 1.19 bits per heavy atom. The highest BCUT2D eigenvalue weighted by Gasteiger charge is 2.45. The highest BCUT2D eigenvalue weighted by atomic mass is 32.1. The van der Waals surface area contributed by atoms with Crippen LogP contribution in [0.4, 0.5) is 0 Å². The van der Waals surface area contributed by atoms with Gasteiger partial charge in [0, 0.05) is 6.92 Å². The molecule has 5 unspecified atom stereocenters. The van der Waals surface area contributed by atoms with E-state index in [2.05, 4.69) is 27.7 Å². The van der Waals surface area contributed by atoms with E-state index in [1.807, 2.05) is 0 Å². The van der Waals surface area contributed by atoms with Gasteiger partial charge < -0.3 is 39.6 Å². The first-order valence-electron chi connectivity index (χ1n) is 8.21. The number of hydrogen-bond donors (Lipinski definition) is 4. The van der Waals surface area contributed by atoms with Crippen LogP contribution in [0.1, 0.15) is 6.92 Å². The van der Waals surface area contributed by atoms with Gasteiger partial charge in [-0.1, -0.05) is 0 Å². The van der Waals surface area contributed by atoms with Crippen LogP contribution in [0.25, 0.3) is 0 Å². The quantitative estimate of drug-likeness (QED) is 0.169. The van der Waals surface area contributed by atoms with E-state index in [-0.39, 0.29) is 13.2 Å². The monoisotopic (exact) mass is 394 g/mol. The SMILES string of the molecule is CC(=O)NC1C(OCCOCCOCCN=C=S)OC(CO)C(O)C1O. The summed E-state index contributed by atoms with van der Waals surface area (Å²) in [6.45, 7) is 2.76. The minimum Gasteiger partial charge on any atom is -0.394 e. The van der Waals surface area contributed by atoms with E-state index in [1.54, 1.807) is 0 Å². The molecule has 1 aliphatic heterocycles. The largest absolute Gasteiger partial charge is 0.394 e. The summed E-state index contributed by atoms with van der Waals surface area (Å²) in [7, 11) is 0. The third-order valence-corrected chi connectivity index (χ3v) is 3.67. The van der Waals surface area contributed by atoms with Crippen molar-refractivity contribution in [2.75, 3.05) is 46.2 Å². The number of isothiocyanates is 1. The van der Waals surface area contributed by atoms with Crippen molar-refractivity contribution in [2.45, 2.75) is 37.6 Å². The third kappa shape index (κ3) is 8.12. The Morgan fingerprint density at radius 2 is 1.85 bits per heavy atom. The van der Waals surface area contributed by atoms with E-state index in [9.17, 15) is 20.1 Å². The van der Waals surface area contributed by atoms with Gasteiger partial charge in [0.2, 0.25) is 5.91 Å². The van der Waals surface area contributed by atoms with E-state index >= 15 is 0 Å².